The lowest BCUT2D eigenvalue weighted by Crippen LogP contribution is -2.68. The number of hydrogen-bond donors (Lipinski definition) is 0. The molecule has 0 amide bonds. The maximum atomic E-state index is 14.3. The molecule has 11 atom stereocenters. The number of ether oxygens (including phenoxy) is 11. The van der Waals surface area contributed by atoms with Crippen LogP contribution in [-0.2, 0) is 56.9 Å². The molecule has 0 radical (unpaired) electrons. The average Bonchev–Trinajstić information content (AvgIpc) is 3.43. The van der Waals surface area contributed by atoms with Crippen LogP contribution in [0.5, 0.6) is 0 Å². The number of fused-ring (bicyclic) bond motifs is 1. The van der Waals surface area contributed by atoms with Gasteiger partial charge in [0.1, 0.15) is 36.9 Å². The predicted molar refractivity (Wildman–Crippen MR) is 251 cm³/mol. The standard InChI is InChI=1S/C52H48ClN3O16/c53-29-39(57)67-42-40-38(31-64-50(71-40)36-25-14-5-15-26-36)66-52(45(42)70-49(61)35-23-12-4-13-24-35)72-41-37(30-63-46(58)32-17-6-1-7-18-32)65-51(62-28-16-27-55-56-54)44(69-48(60)34-21-10-3-11-22-34)43(41)68-47(59)33-19-8-2-9-20-33/h1-15,17-26,37-38,40-45,50-52H,16,27-31H2/t37-,38-,40-,41-,42+,43+,44-,45-,50?,51-,52+/m1/s1. The molecule has 5 aromatic rings. The van der Waals surface area contributed by atoms with Gasteiger partial charge in [-0.2, -0.15) is 0 Å². The summed E-state index contributed by atoms with van der Waals surface area (Å²) in [6.45, 7) is -0.895. The van der Waals surface area contributed by atoms with Crippen molar-refractivity contribution in [1.29, 1.82) is 0 Å². The second kappa shape index (κ2) is 25.3. The lowest BCUT2D eigenvalue weighted by atomic mass is 9.95. The Labute approximate surface area is 417 Å². The third-order valence-electron chi connectivity index (χ3n) is 11.5. The van der Waals surface area contributed by atoms with Crippen LogP contribution in [0.3, 0.4) is 0 Å². The van der Waals surface area contributed by atoms with Gasteiger partial charge < -0.3 is 52.1 Å². The Morgan fingerprint density at radius 2 is 1.08 bits per heavy atom. The van der Waals surface area contributed by atoms with Gasteiger partial charge in [-0.1, -0.05) is 108 Å². The molecule has 0 saturated carbocycles. The fraction of sp³-hybridized carbons (Fsp3) is 0.327. The summed E-state index contributed by atoms with van der Waals surface area (Å²) in [5, 5.41) is 3.56. The van der Waals surface area contributed by atoms with Crippen molar-refractivity contribution in [2.75, 3.05) is 32.2 Å². The van der Waals surface area contributed by atoms with Crippen molar-refractivity contribution in [3.8, 4) is 0 Å². The normalized spacial score (nSPS) is 25.5. The van der Waals surface area contributed by atoms with Crippen molar-refractivity contribution in [1.82, 2.24) is 0 Å². The number of carbonyl (C=O) groups is 5. The van der Waals surface area contributed by atoms with Crippen molar-refractivity contribution in [3.63, 3.8) is 0 Å². The second-order valence-electron chi connectivity index (χ2n) is 16.3. The molecule has 72 heavy (non-hydrogen) atoms. The van der Waals surface area contributed by atoms with E-state index in [0.717, 1.165) is 0 Å². The zero-order valence-corrected chi connectivity index (χ0v) is 39.0. The minimum atomic E-state index is -1.78. The van der Waals surface area contributed by atoms with Crippen LogP contribution in [0.4, 0.5) is 0 Å². The van der Waals surface area contributed by atoms with Crippen molar-refractivity contribution in [3.05, 3.63) is 190 Å². The smallest absolute Gasteiger partial charge is 0.338 e. The second-order valence-corrected chi connectivity index (χ2v) is 16.6. The van der Waals surface area contributed by atoms with E-state index in [-0.39, 0.29) is 48.4 Å². The summed E-state index contributed by atoms with van der Waals surface area (Å²) in [6.07, 6.45) is -16.2. The van der Waals surface area contributed by atoms with Crippen molar-refractivity contribution < 1.29 is 76.1 Å². The molecule has 8 rings (SSSR count). The van der Waals surface area contributed by atoms with Crippen molar-refractivity contribution in [2.24, 2.45) is 5.11 Å². The van der Waals surface area contributed by atoms with E-state index in [2.05, 4.69) is 10.0 Å². The van der Waals surface area contributed by atoms with E-state index in [4.69, 9.17) is 69.2 Å². The minimum absolute atomic E-state index is 0.0210. The number of halogens is 1. The summed E-state index contributed by atoms with van der Waals surface area (Å²) >= 11 is 6.04. The first-order valence-electron chi connectivity index (χ1n) is 22.9. The first kappa shape index (κ1) is 51.2. The predicted octanol–water partition coefficient (Wildman–Crippen LogP) is 7.34. The topological polar surface area (TPSA) is 236 Å². The molecule has 3 saturated heterocycles. The van der Waals surface area contributed by atoms with E-state index in [1.807, 2.05) is 6.07 Å². The van der Waals surface area contributed by atoms with Crippen LogP contribution in [0.25, 0.3) is 10.4 Å². The third-order valence-corrected chi connectivity index (χ3v) is 11.7. The van der Waals surface area contributed by atoms with E-state index < -0.39 is 110 Å². The number of esters is 5. The number of benzene rings is 5. The number of hydrogen-bond acceptors (Lipinski definition) is 17. The maximum Gasteiger partial charge on any atom is 0.338 e. The zero-order chi connectivity index (χ0) is 50.2. The molecule has 20 heteroatoms. The van der Waals surface area contributed by atoms with Crippen molar-refractivity contribution in [2.45, 2.75) is 74.1 Å². The van der Waals surface area contributed by atoms with E-state index in [1.165, 1.54) is 48.5 Å². The lowest BCUT2D eigenvalue weighted by molar-refractivity contribution is -0.384. The van der Waals surface area contributed by atoms with Crippen LogP contribution in [0, 0.1) is 0 Å². The highest BCUT2D eigenvalue weighted by molar-refractivity contribution is 6.26. The summed E-state index contributed by atoms with van der Waals surface area (Å²) < 4.78 is 69.4. The van der Waals surface area contributed by atoms with E-state index >= 15 is 0 Å². The Morgan fingerprint density at radius 1 is 0.583 bits per heavy atom. The number of nitrogens with zero attached hydrogens (tertiary/aromatic N) is 3. The molecule has 374 valence electrons. The van der Waals surface area contributed by atoms with Gasteiger partial charge in [0.2, 0.25) is 0 Å². The molecular weight excluding hydrogens is 958 g/mol. The Balaban J connectivity index is 1.23. The summed E-state index contributed by atoms with van der Waals surface area (Å²) in [5.74, 6) is -4.99. The molecule has 3 heterocycles. The first-order chi connectivity index (χ1) is 35.2. The highest BCUT2D eigenvalue weighted by Crippen LogP contribution is 2.40. The SMILES string of the molecule is [N-]=[N+]=NCCCO[C@@H]1O[C@H](COC(=O)c2ccccc2)[C@@H](O[C@@H]2O[C@@H]3COC(c4ccccc4)O[C@H]3[C@H](OC(=O)CCl)[C@H]2OC(=O)c2ccccc2)[C@H](OC(=O)c2ccccc2)[C@H]1OC(=O)c1ccccc1. The van der Waals surface area contributed by atoms with Gasteiger partial charge in [0, 0.05) is 17.0 Å². The summed E-state index contributed by atoms with van der Waals surface area (Å²) in [5.41, 5.74) is 10.0. The number of rotatable bonds is 19. The summed E-state index contributed by atoms with van der Waals surface area (Å²) in [4.78, 5) is 72.2. The number of alkyl halides is 1. The van der Waals surface area contributed by atoms with Crippen LogP contribution >= 0.6 is 11.6 Å². The van der Waals surface area contributed by atoms with E-state index in [1.54, 1.807) is 97.1 Å². The fourth-order valence-electron chi connectivity index (χ4n) is 8.10. The molecule has 19 nitrogen and oxygen atoms in total. The summed E-state index contributed by atoms with van der Waals surface area (Å²) in [7, 11) is 0. The third kappa shape index (κ3) is 13.0. The zero-order valence-electron chi connectivity index (χ0n) is 38.3. The molecule has 1 unspecified atom stereocenters. The van der Waals surface area contributed by atoms with Crippen LogP contribution in [-0.4, -0.2) is 124 Å². The first-order valence-corrected chi connectivity index (χ1v) is 23.4. The van der Waals surface area contributed by atoms with Crippen molar-refractivity contribution >= 4 is 41.4 Å². The molecule has 3 aliphatic heterocycles. The Kier molecular flexibility index (Phi) is 18.0. The molecule has 0 bridgehead atoms. The van der Waals surface area contributed by atoms with Crippen LogP contribution in [0.15, 0.2) is 157 Å². The summed E-state index contributed by atoms with van der Waals surface area (Å²) in [6, 6.07) is 40.8. The van der Waals surface area contributed by atoms with E-state index in [9.17, 15) is 24.0 Å². The van der Waals surface area contributed by atoms with Gasteiger partial charge in [0.25, 0.3) is 0 Å². The van der Waals surface area contributed by atoms with Crippen LogP contribution in [0.2, 0.25) is 0 Å². The quantitative estimate of drug-likeness (QED) is 0.0150. The van der Waals surface area contributed by atoms with Gasteiger partial charge in [-0.3, -0.25) is 4.79 Å². The number of carbonyl (C=O) groups excluding carboxylic acids is 5. The van der Waals surface area contributed by atoms with Gasteiger partial charge in [-0.15, -0.1) is 11.6 Å². The Morgan fingerprint density at radius 3 is 1.61 bits per heavy atom. The average molecular weight is 1010 g/mol. The molecule has 0 N–H and O–H groups in total. The molecule has 0 spiro atoms. The highest BCUT2D eigenvalue weighted by atomic mass is 35.5. The lowest BCUT2D eigenvalue weighted by Gasteiger charge is -2.50. The van der Waals surface area contributed by atoms with Gasteiger partial charge in [0.05, 0.1) is 35.5 Å². The highest BCUT2D eigenvalue weighted by Gasteiger charge is 2.58. The van der Waals surface area contributed by atoms with Gasteiger partial charge in [-0.05, 0) is 60.5 Å². The van der Waals surface area contributed by atoms with Crippen LogP contribution < -0.4 is 0 Å². The minimum Gasteiger partial charge on any atom is -0.459 e. The molecule has 3 aliphatic rings. The van der Waals surface area contributed by atoms with Gasteiger partial charge >= 0.3 is 29.8 Å². The molecule has 0 aromatic heterocycles. The van der Waals surface area contributed by atoms with Gasteiger partial charge in [-0.25, -0.2) is 19.2 Å². The Bertz CT molecular complexity index is 2630. The fourth-order valence-corrected chi connectivity index (χ4v) is 8.16. The van der Waals surface area contributed by atoms with E-state index in [0.29, 0.717) is 5.56 Å². The molecular formula is C52H48ClN3O16. The maximum absolute atomic E-state index is 14.3. The molecule has 5 aromatic carbocycles. The largest absolute Gasteiger partial charge is 0.459 e. The number of azide groups is 1. The van der Waals surface area contributed by atoms with Crippen LogP contribution in [0.1, 0.15) is 59.7 Å². The molecule has 0 aliphatic carbocycles. The van der Waals surface area contributed by atoms with Gasteiger partial charge in [0.15, 0.2) is 43.3 Å². The monoisotopic (exact) mass is 1010 g/mol. The molecule has 3 fully saturated rings. The Hall–Kier alpha value is -7.19.